The van der Waals surface area contributed by atoms with Crippen LogP contribution in [-0.2, 0) is 13.8 Å². The van der Waals surface area contributed by atoms with Crippen molar-refractivity contribution in [3.8, 4) is 0 Å². The number of rotatable bonds is 5. The third-order valence-electron chi connectivity index (χ3n) is 3.09. The van der Waals surface area contributed by atoms with Crippen LogP contribution >= 0.6 is 7.82 Å². The summed E-state index contributed by atoms with van der Waals surface area (Å²) in [5.41, 5.74) is -0.174. The van der Waals surface area contributed by atoms with E-state index >= 15 is 0 Å². The molecule has 1 unspecified atom stereocenters. The molecule has 2 rings (SSSR count). The Morgan fingerprint density at radius 1 is 1.43 bits per heavy atom. The topological polar surface area (TPSA) is 163 Å². The Balaban J connectivity index is 0.00000264. The number of aliphatic hydroxyl groups is 2. The van der Waals surface area contributed by atoms with Gasteiger partial charge in [0.25, 0.3) is 14.1 Å². The maximum absolute atomic E-state index is 10.8. The molecule has 2 heterocycles. The molecular formula is C11H13NNaO9P. The summed E-state index contributed by atoms with van der Waals surface area (Å²) in [5.74, 6) is -1.44. The third kappa shape index (κ3) is 5.30. The van der Waals surface area contributed by atoms with Crippen molar-refractivity contribution in [2.75, 3.05) is 6.61 Å². The second-order valence-corrected chi connectivity index (χ2v) is 5.83. The van der Waals surface area contributed by atoms with E-state index in [0.717, 1.165) is 6.20 Å². The zero-order chi connectivity index (χ0) is 16.5. The summed E-state index contributed by atoms with van der Waals surface area (Å²) >= 11 is 0. The van der Waals surface area contributed by atoms with Crippen LogP contribution in [0.3, 0.4) is 0 Å². The Hall–Kier alpha value is -0.390. The molecule has 0 bridgehead atoms. The fourth-order valence-corrected chi connectivity index (χ4v) is 2.39. The zero-order valence-electron chi connectivity index (χ0n) is 12.0. The number of carbonyl (C=O) groups is 1. The van der Waals surface area contributed by atoms with Crippen molar-refractivity contribution in [3.63, 3.8) is 0 Å². The van der Waals surface area contributed by atoms with Gasteiger partial charge < -0.3 is 39.2 Å². The second kappa shape index (κ2) is 8.13. The monoisotopic (exact) mass is 357 g/mol. The molecule has 3 N–H and O–H groups in total. The number of phosphoric acid groups is 1. The largest absolute Gasteiger partial charge is 1.00 e. The van der Waals surface area contributed by atoms with E-state index in [9.17, 15) is 29.6 Å². The van der Waals surface area contributed by atoms with Gasteiger partial charge in [-0.15, -0.1) is 0 Å². The molecule has 1 aromatic rings. The van der Waals surface area contributed by atoms with Crippen molar-refractivity contribution in [2.45, 2.75) is 24.5 Å². The molecule has 0 amide bonds. The van der Waals surface area contributed by atoms with Crippen LogP contribution in [0.25, 0.3) is 0 Å². The van der Waals surface area contributed by atoms with Crippen LogP contribution < -0.4 is 44.1 Å². The average molecular weight is 357 g/mol. The normalized spacial score (nSPS) is 29.6. The van der Waals surface area contributed by atoms with E-state index in [1.54, 1.807) is 0 Å². The van der Waals surface area contributed by atoms with Gasteiger partial charge in [-0.1, -0.05) is 0 Å². The first-order valence-corrected chi connectivity index (χ1v) is 7.60. The van der Waals surface area contributed by atoms with Crippen molar-refractivity contribution in [1.82, 2.24) is 0 Å². The second-order valence-electron chi connectivity index (χ2n) is 4.64. The summed E-state index contributed by atoms with van der Waals surface area (Å²) < 4.78 is 21.1. The number of carbonyl (C=O) groups excluding carboxylic acids is 1. The predicted molar refractivity (Wildman–Crippen MR) is 62.7 cm³/mol. The third-order valence-corrected chi connectivity index (χ3v) is 3.57. The summed E-state index contributed by atoms with van der Waals surface area (Å²) in [7, 11) is -4.99. The number of pyridine rings is 1. The summed E-state index contributed by atoms with van der Waals surface area (Å²) in [6.45, 7) is -0.702. The van der Waals surface area contributed by atoms with Crippen LogP contribution in [0.2, 0.25) is 0 Å². The molecule has 10 nitrogen and oxygen atoms in total. The first-order valence-electron chi connectivity index (χ1n) is 6.11. The quantitative estimate of drug-likeness (QED) is 0.264. The molecule has 1 saturated heterocycles. The van der Waals surface area contributed by atoms with Crippen LogP contribution in [0.4, 0.5) is 0 Å². The minimum atomic E-state index is -4.99. The molecule has 23 heavy (non-hydrogen) atoms. The SMILES string of the molecule is O=C([O-])c1ccc[n+]([C@@H]2O[C@H](COP(=O)([O-])O)[C@@H](O)[C@H]2O)c1.[Na+]. The van der Waals surface area contributed by atoms with Gasteiger partial charge in [0.2, 0.25) is 0 Å². The Morgan fingerprint density at radius 2 is 2.09 bits per heavy atom. The van der Waals surface area contributed by atoms with E-state index in [1.807, 2.05) is 0 Å². The molecule has 12 heteroatoms. The van der Waals surface area contributed by atoms with Crippen molar-refractivity contribution >= 4 is 13.8 Å². The van der Waals surface area contributed by atoms with Crippen molar-refractivity contribution in [3.05, 3.63) is 30.1 Å². The van der Waals surface area contributed by atoms with Crippen molar-refractivity contribution < 1.29 is 77.9 Å². The van der Waals surface area contributed by atoms with Gasteiger partial charge in [0.05, 0.1) is 18.1 Å². The fraction of sp³-hybridized carbons (Fsp3) is 0.455. The number of aliphatic hydroxyl groups excluding tert-OH is 2. The number of ether oxygens (including phenoxy) is 1. The van der Waals surface area contributed by atoms with E-state index in [2.05, 4.69) is 4.52 Å². The van der Waals surface area contributed by atoms with Gasteiger partial charge in [0.1, 0.15) is 12.2 Å². The maximum atomic E-state index is 10.8. The van der Waals surface area contributed by atoms with E-state index in [-0.39, 0.29) is 35.1 Å². The molecular weight excluding hydrogens is 344 g/mol. The number of nitrogens with zero attached hydrogens (tertiary/aromatic N) is 1. The molecule has 0 aromatic carbocycles. The van der Waals surface area contributed by atoms with Gasteiger partial charge in [-0.05, 0) is 6.07 Å². The van der Waals surface area contributed by atoms with Crippen molar-refractivity contribution in [2.24, 2.45) is 0 Å². The Kier molecular flexibility index (Phi) is 7.30. The summed E-state index contributed by atoms with van der Waals surface area (Å²) in [6.07, 6.45) is -2.82. The number of hydrogen-bond acceptors (Lipinski definition) is 8. The van der Waals surface area contributed by atoms with Crippen LogP contribution in [0.15, 0.2) is 24.5 Å². The standard InChI is InChI=1S/C11H14NO9P.Na/c13-8-7(5-20-22(17,18)19)21-10(9(8)14)12-3-1-2-6(4-12)11(15)16;/h1-4,7-10,13-14H,5H2,(H2-,15,16,17,18,19);/q;+1/p-1/t7-,8-,9-,10-;/m1./s1. The van der Waals surface area contributed by atoms with Gasteiger partial charge in [-0.3, -0.25) is 4.57 Å². The number of hydrogen-bond donors (Lipinski definition) is 3. The van der Waals surface area contributed by atoms with Crippen LogP contribution in [0, 0.1) is 0 Å². The minimum absolute atomic E-state index is 0. The summed E-state index contributed by atoms with van der Waals surface area (Å²) in [5, 5.41) is 30.5. The minimum Gasteiger partial charge on any atom is -0.756 e. The van der Waals surface area contributed by atoms with Crippen LogP contribution in [0.5, 0.6) is 0 Å². The number of aromatic nitrogens is 1. The van der Waals surface area contributed by atoms with E-state index in [1.165, 1.54) is 22.9 Å². The maximum Gasteiger partial charge on any atom is 1.00 e. The number of carboxylic acids is 1. The predicted octanol–water partition coefficient (Wildman–Crippen LogP) is -6.56. The molecule has 1 fully saturated rings. The number of phosphoric ester groups is 1. The first-order chi connectivity index (χ1) is 10.2. The molecule has 0 spiro atoms. The van der Waals surface area contributed by atoms with Crippen LogP contribution in [0.1, 0.15) is 16.6 Å². The van der Waals surface area contributed by atoms with Gasteiger partial charge >= 0.3 is 29.6 Å². The summed E-state index contributed by atoms with van der Waals surface area (Å²) in [6, 6.07) is 2.64. The molecule has 122 valence electrons. The Morgan fingerprint density at radius 3 is 2.65 bits per heavy atom. The van der Waals surface area contributed by atoms with Gasteiger partial charge in [0, 0.05) is 6.07 Å². The smallest absolute Gasteiger partial charge is 0.756 e. The van der Waals surface area contributed by atoms with Gasteiger partial charge in [-0.2, -0.15) is 4.57 Å². The van der Waals surface area contributed by atoms with Crippen LogP contribution in [-0.4, -0.2) is 46.0 Å². The molecule has 0 aliphatic carbocycles. The Bertz CT molecular complexity index is 609. The molecule has 0 radical (unpaired) electrons. The zero-order valence-corrected chi connectivity index (χ0v) is 14.9. The molecule has 0 saturated carbocycles. The van der Waals surface area contributed by atoms with Crippen molar-refractivity contribution in [1.29, 1.82) is 0 Å². The molecule has 1 aliphatic rings. The Labute approximate surface area is 152 Å². The molecule has 1 aromatic heterocycles. The number of carboxylic acid groups (broad SMARTS) is 1. The van der Waals surface area contributed by atoms with Gasteiger partial charge in [0.15, 0.2) is 18.5 Å². The van der Waals surface area contributed by atoms with Gasteiger partial charge in [-0.25, -0.2) is 0 Å². The van der Waals surface area contributed by atoms with E-state index in [4.69, 9.17) is 9.63 Å². The summed E-state index contributed by atoms with van der Waals surface area (Å²) in [4.78, 5) is 29.8. The molecule has 5 atom stereocenters. The van der Waals surface area contributed by atoms with E-state index < -0.39 is 44.9 Å². The molecule has 1 aliphatic heterocycles. The first kappa shape index (κ1) is 20.7. The fourth-order valence-electron chi connectivity index (χ4n) is 2.05. The number of aromatic carboxylic acids is 1. The average Bonchev–Trinajstić information content (AvgIpc) is 2.72. The van der Waals surface area contributed by atoms with E-state index in [0.29, 0.717) is 0 Å².